The summed E-state index contributed by atoms with van der Waals surface area (Å²) >= 11 is 0. The number of hydrogen-bond donors (Lipinski definition) is 1. The number of carbonyl (C=O) groups excluding carboxylic acids is 1. The lowest BCUT2D eigenvalue weighted by Gasteiger charge is -2.20. The number of halogens is 1. The van der Waals surface area contributed by atoms with Gasteiger partial charge in [0.05, 0.1) is 6.42 Å². The molecule has 0 aromatic heterocycles. The van der Waals surface area contributed by atoms with Crippen molar-refractivity contribution in [3.05, 3.63) is 59.9 Å². The predicted octanol–water partition coefficient (Wildman–Crippen LogP) is 4.08. The molecule has 0 saturated heterocycles. The molecule has 0 aliphatic rings. The summed E-state index contributed by atoms with van der Waals surface area (Å²) in [6.07, 6.45) is 0.275. The van der Waals surface area contributed by atoms with Gasteiger partial charge in [0, 0.05) is 11.6 Å². The van der Waals surface area contributed by atoms with Gasteiger partial charge in [0.1, 0.15) is 17.3 Å². The van der Waals surface area contributed by atoms with E-state index in [0.29, 0.717) is 11.5 Å². The molecule has 4 heteroatoms. The number of amides is 1. The van der Waals surface area contributed by atoms with Crippen LogP contribution < -0.4 is 10.1 Å². The smallest absolute Gasteiger partial charge is 0.224 e. The number of nitrogens with one attached hydrogen (secondary N) is 1. The molecule has 1 N–H and O–H groups in total. The first kappa shape index (κ1) is 16.0. The lowest BCUT2D eigenvalue weighted by molar-refractivity contribution is -0.121. The molecule has 0 aliphatic carbocycles. The molecular formula is C18H20FNO2. The Labute approximate surface area is 130 Å². The lowest BCUT2D eigenvalue weighted by Crippen LogP contribution is -2.41. The topological polar surface area (TPSA) is 38.3 Å². The molecule has 0 unspecified atom stereocenters. The van der Waals surface area contributed by atoms with Gasteiger partial charge in [0.25, 0.3) is 0 Å². The molecule has 0 radical (unpaired) electrons. The van der Waals surface area contributed by atoms with Crippen LogP contribution >= 0.6 is 0 Å². The second-order valence-electron chi connectivity index (χ2n) is 6.18. The van der Waals surface area contributed by atoms with Crippen molar-refractivity contribution in [3.8, 4) is 11.5 Å². The zero-order valence-corrected chi connectivity index (χ0v) is 13.0. The number of benzene rings is 2. The summed E-state index contributed by atoms with van der Waals surface area (Å²) in [6, 6.07) is 13.2. The van der Waals surface area contributed by atoms with Crippen molar-refractivity contribution in [2.45, 2.75) is 32.7 Å². The molecule has 0 atom stereocenters. The average molecular weight is 301 g/mol. The molecule has 2 aromatic rings. The maximum Gasteiger partial charge on any atom is 0.224 e. The van der Waals surface area contributed by atoms with Crippen molar-refractivity contribution in [3.63, 3.8) is 0 Å². The van der Waals surface area contributed by atoms with Crippen molar-refractivity contribution in [1.82, 2.24) is 5.32 Å². The zero-order valence-electron chi connectivity index (χ0n) is 13.0. The van der Waals surface area contributed by atoms with E-state index in [1.807, 2.05) is 32.9 Å². The van der Waals surface area contributed by atoms with E-state index >= 15 is 0 Å². The van der Waals surface area contributed by atoms with Gasteiger partial charge in [-0.3, -0.25) is 4.79 Å². The third-order valence-electron chi connectivity index (χ3n) is 2.81. The number of ether oxygens (including phenoxy) is 1. The molecule has 0 aliphatic heterocycles. The van der Waals surface area contributed by atoms with Gasteiger partial charge < -0.3 is 10.1 Å². The van der Waals surface area contributed by atoms with Gasteiger partial charge in [-0.05, 0) is 50.6 Å². The van der Waals surface area contributed by atoms with E-state index in [0.717, 1.165) is 5.56 Å². The van der Waals surface area contributed by atoms with Crippen LogP contribution in [0.4, 0.5) is 4.39 Å². The molecule has 2 aromatic carbocycles. The fourth-order valence-electron chi connectivity index (χ4n) is 2.03. The SMILES string of the molecule is CC(C)(C)NC(=O)Cc1cccc(Oc2cccc(F)c2)c1. The first-order valence-corrected chi connectivity index (χ1v) is 7.15. The summed E-state index contributed by atoms with van der Waals surface area (Å²) in [5, 5.41) is 2.91. The molecular weight excluding hydrogens is 281 g/mol. The minimum absolute atomic E-state index is 0.0459. The highest BCUT2D eigenvalue weighted by atomic mass is 19.1. The summed E-state index contributed by atoms with van der Waals surface area (Å²) in [5.41, 5.74) is 0.586. The van der Waals surface area contributed by atoms with Crippen LogP contribution in [-0.4, -0.2) is 11.4 Å². The third-order valence-corrected chi connectivity index (χ3v) is 2.81. The summed E-state index contributed by atoms with van der Waals surface area (Å²) in [6.45, 7) is 5.82. The minimum Gasteiger partial charge on any atom is -0.457 e. The van der Waals surface area contributed by atoms with Gasteiger partial charge in [-0.25, -0.2) is 4.39 Å². The van der Waals surface area contributed by atoms with Crippen molar-refractivity contribution < 1.29 is 13.9 Å². The third kappa shape index (κ3) is 5.20. The van der Waals surface area contributed by atoms with E-state index in [2.05, 4.69) is 5.32 Å². The largest absolute Gasteiger partial charge is 0.457 e. The quantitative estimate of drug-likeness (QED) is 0.924. The molecule has 0 spiro atoms. The number of hydrogen-bond acceptors (Lipinski definition) is 2. The van der Waals surface area contributed by atoms with E-state index in [1.54, 1.807) is 24.3 Å². The predicted molar refractivity (Wildman–Crippen MR) is 84.5 cm³/mol. The monoisotopic (exact) mass is 301 g/mol. The fourth-order valence-corrected chi connectivity index (χ4v) is 2.03. The van der Waals surface area contributed by atoms with Gasteiger partial charge >= 0.3 is 0 Å². The van der Waals surface area contributed by atoms with Crippen LogP contribution in [0.15, 0.2) is 48.5 Å². The molecule has 2 rings (SSSR count). The highest BCUT2D eigenvalue weighted by Crippen LogP contribution is 2.23. The average Bonchev–Trinajstić information content (AvgIpc) is 2.36. The van der Waals surface area contributed by atoms with E-state index in [1.165, 1.54) is 12.1 Å². The van der Waals surface area contributed by atoms with Gasteiger partial charge in [0.15, 0.2) is 0 Å². The van der Waals surface area contributed by atoms with Gasteiger partial charge in [-0.1, -0.05) is 18.2 Å². The number of rotatable bonds is 4. The van der Waals surface area contributed by atoms with Crippen LogP contribution in [0.25, 0.3) is 0 Å². The van der Waals surface area contributed by atoms with Crippen LogP contribution in [0.2, 0.25) is 0 Å². The maximum absolute atomic E-state index is 13.1. The minimum atomic E-state index is -0.349. The highest BCUT2D eigenvalue weighted by molar-refractivity contribution is 5.79. The summed E-state index contributed by atoms with van der Waals surface area (Å²) in [4.78, 5) is 11.9. The van der Waals surface area contributed by atoms with Crippen molar-refractivity contribution in [2.24, 2.45) is 0 Å². The molecule has 3 nitrogen and oxygen atoms in total. The van der Waals surface area contributed by atoms with Crippen LogP contribution in [-0.2, 0) is 11.2 Å². The second kappa shape index (κ2) is 6.60. The van der Waals surface area contributed by atoms with E-state index in [9.17, 15) is 9.18 Å². The van der Waals surface area contributed by atoms with E-state index in [4.69, 9.17) is 4.74 Å². The Morgan fingerprint density at radius 3 is 2.36 bits per heavy atom. The Kier molecular flexibility index (Phi) is 4.81. The molecule has 0 fully saturated rings. The highest BCUT2D eigenvalue weighted by Gasteiger charge is 2.14. The Morgan fingerprint density at radius 2 is 1.73 bits per heavy atom. The van der Waals surface area contributed by atoms with Gasteiger partial charge in [-0.15, -0.1) is 0 Å². The van der Waals surface area contributed by atoms with E-state index < -0.39 is 0 Å². The molecule has 0 bridgehead atoms. The van der Waals surface area contributed by atoms with Crippen LogP contribution in [0.1, 0.15) is 26.3 Å². The summed E-state index contributed by atoms with van der Waals surface area (Å²) in [5.74, 6) is 0.608. The molecule has 0 heterocycles. The Balaban J connectivity index is 2.05. The van der Waals surface area contributed by atoms with Crippen molar-refractivity contribution in [1.29, 1.82) is 0 Å². The lowest BCUT2D eigenvalue weighted by atomic mass is 10.1. The first-order valence-electron chi connectivity index (χ1n) is 7.15. The molecule has 1 amide bonds. The second-order valence-corrected chi connectivity index (χ2v) is 6.18. The van der Waals surface area contributed by atoms with Crippen molar-refractivity contribution >= 4 is 5.91 Å². The van der Waals surface area contributed by atoms with Crippen LogP contribution in [0.5, 0.6) is 11.5 Å². The Morgan fingerprint density at radius 1 is 1.09 bits per heavy atom. The summed E-state index contributed by atoms with van der Waals surface area (Å²) < 4.78 is 18.8. The standard InChI is InChI=1S/C18H20FNO2/c1-18(2,3)20-17(21)11-13-6-4-8-15(10-13)22-16-9-5-7-14(19)12-16/h4-10,12H,11H2,1-3H3,(H,20,21). The maximum atomic E-state index is 13.1. The van der Waals surface area contributed by atoms with Gasteiger partial charge in [0.2, 0.25) is 5.91 Å². The normalized spacial score (nSPS) is 11.1. The Bertz CT molecular complexity index is 662. The van der Waals surface area contributed by atoms with Gasteiger partial charge in [-0.2, -0.15) is 0 Å². The molecule has 0 saturated carbocycles. The number of carbonyl (C=O) groups is 1. The van der Waals surface area contributed by atoms with Crippen molar-refractivity contribution in [2.75, 3.05) is 0 Å². The Hall–Kier alpha value is -2.36. The first-order chi connectivity index (χ1) is 10.3. The fraction of sp³-hybridized carbons (Fsp3) is 0.278. The molecule has 116 valence electrons. The zero-order chi connectivity index (χ0) is 16.2. The van der Waals surface area contributed by atoms with Crippen LogP contribution in [0.3, 0.4) is 0 Å². The summed E-state index contributed by atoms with van der Waals surface area (Å²) in [7, 11) is 0. The van der Waals surface area contributed by atoms with E-state index in [-0.39, 0.29) is 23.7 Å². The van der Waals surface area contributed by atoms with Crippen LogP contribution in [0, 0.1) is 5.82 Å². The molecule has 22 heavy (non-hydrogen) atoms.